The first-order valence-electron chi connectivity index (χ1n) is 7.43. The van der Waals surface area contributed by atoms with Gasteiger partial charge in [-0.25, -0.2) is 9.97 Å². The van der Waals surface area contributed by atoms with Crippen LogP contribution < -0.4 is 15.8 Å². The number of rotatable bonds is 1. The monoisotopic (exact) mass is 316 g/mol. The van der Waals surface area contributed by atoms with Crippen molar-refractivity contribution in [3.05, 3.63) is 48.7 Å². The molecule has 4 aromatic rings. The number of fused-ring (bicyclic) bond motifs is 1. The average Bonchev–Trinajstić information content (AvgIpc) is 2.91. The molecule has 7 heteroatoms. The zero-order chi connectivity index (χ0) is 16.1. The Morgan fingerprint density at radius 1 is 1.04 bits per heavy atom. The van der Waals surface area contributed by atoms with Crippen molar-refractivity contribution in [2.75, 3.05) is 11.1 Å². The van der Waals surface area contributed by atoms with E-state index in [-0.39, 0.29) is 0 Å². The summed E-state index contributed by atoms with van der Waals surface area (Å²) in [5, 5.41) is 11.6. The molecule has 0 bridgehead atoms. The number of nitrogens with two attached hydrogens (primary N) is 1. The minimum atomic E-state index is 0.421. The van der Waals surface area contributed by atoms with Gasteiger partial charge in [0.2, 0.25) is 0 Å². The van der Waals surface area contributed by atoms with Crippen molar-refractivity contribution < 1.29 is 4.74 Å². The number of benzene rings is 2. The number of aromatic nitrogens is 4. The lowest BCUT2D eigenvalue weighted by Gasteiger charge is -2.09. The fourth-order valence-electron chi connectivity index (χ4n) is 2.84. The van der Waals surface area contributed by atoms with Gasteiger partial charge in [-0.15, -0.1) is 0 Å². The molecule has 0 spiro atoms. The maximum atomic E-state index is 6.12. The zero-order valence-corrected chi connectivity index (χ0v) is 12.4. The molecule has 24 heavy (non-hydrogen) atoms. The second kappa shape index (κ2) is 4.69. The highest BCUT2D eigenvalue weighted by Gasteiger charge is 2.20. The number of hydrogen-bond acceptors (Lipinski definition) is 6. The number of anilines is 3. The van der Waals surface area contributed by atoms with Crippen molar-refractivity contribution in [2.45, 2.75) is 0 Å². The zero-order valence-electron chi connectivity index (χ0n) is 12.4. The summed E-state index contributed by atoms with van der Waals surface area (Å²) in [6.07, 6.45) is 1.63. The van der Waals surface area contributed by atoms with E-state index >= 15 is 0 Å². The average molecular weight is 316 g/mol. The summed E-state index contributed by atoms with van der Waals surface area (Å²) < 4.78 is 6.12. The molecule has 0 aliphatic carbocycles. The Labute approximate surface area is 136 Å². The first-order valence-corrected chi connectivity index (χ1v) is 7.43. The van der Waals surface area contributed by atoms with Gasteiger partial charge in [-0.05, 0) is 30.3 Å². The van der Waals surface area contributed by atoms with Crippen LogP contribution in [0.3, 0.4) is 0 Å². The Morgan fingerprint density at radius 2 is 1.96 bits per heavy atom. The lowest BCUT2D eigenvalue weighted by molar-refractivity contribution is 0.492. The van der Waals surface area contributed by atoms with E-state index in [1.165, 1.54) is 0 Å². The third-order valence-corrected chi connectivity index (χ3v) is 3.92. The number of para-hydroxylation sites is 2. The van der Waals surface area contributed by atoms with Crippen molar-refractivity contribution in [1.82, 2.24) is 20.2 Å². The quantitative estimate of drug-likeness (QED) is 0.438. The summed E-state index contributed by atoms with van der Waals surface area (Å²) in [5.41, 5.74) is 8.28. The van der Waals surface area contributed by atoms with Gasteiger partial charge in [0.25, 0.3) is 0 Å². The van der Waals surface area contributed by atoms with Crippen LogP contribution in [0.4, 0.5) is 17.3 Å². The molecule has 2 aromatic carbocycles. The molecule has 5 rings (SSSR count). The van der Waals surface area contributed by atoms with Crippen LogP contribution in [0.5, 0.6) is 11.5 Å². The van der Waals surface area contributed by atoms with Gasteiger partial charge in [0.1, 0.15) is 11.6 Å². The fourth-order valence-corrected chi connectivity index (χ4v) is 2.84. The van der Waals surface area contributed by atoms with E-state index in [1.54, 1.807) is 12.3 Å². The van der Waals surface area contributed by atoms with Gasteiger partial charge < -0.3 is 15.8 Å². The van der Waals surface area contributed by atoms with E-state index in [4.69, 9.17) is 10.5 Å². The van der Waals surface area contributed by atoms with Gasteiger partial charge in [-0.1, -0.05) is 12.1 Å². The van der Waals surface area contributed by atoms with Gasteiger partial charge in [-0.2, -0.15) is 5.10 Å². The summed E-state index contributed by atoms with van der Waals surface area (Å²) in [5.74, 6) is 3.12. The Balaban J connectivity index is 1.75. The summed E-state index contributed by atoms with van der Waals surface area (Å²) in [4.78, 5) is 8.57. The van der Waals surface area contributed by atoms with E-state index < -0.39 is 0 Å². The number of ether oxygens (including phenoxy) is 1. The molecule has 1 aliphatic heterocycles. The molecule has 0 saturated carbocycles. The SMILES string of the molecule is Nc1ccnc(-c2cc3c4c(n[nH]c4c2)Nc2ccccc2O3)n1. The van der Waals surface area contributed by atoms with Gasteiger partial charge in [0.15, 0.2) is 17.4 Å². The van der Waals surface area contributed by atoms with E-state index in [0.29, 0.717) is 17.4 Å². The van der Waals surface area contributed by atoms with Crippen LogP contribution in [-0.2, 0) is 0 Å². The molecular weight excluding hydrogens is 304 g/mol. The van der Waals surface area contributed by atoms with E-state index in [1.807, 2.05) is 36.4 Å². The molecule has 3 heterocycles. The molecule has 0 unspecified atom stereocenters. The van der Waals surface area contributed by atoms with Crippen molar-refractivity contribution in [3.63, 3.8) is 0 Å². The van der Waals surface area contributed by atoms with Gasteiger partial charge in [0.05, 0.1) is 16.6 Å². The predicted molar refractivity (Wildman–Crippen MR) is 91.3 cm³/mol. The smallest absolute Gasteiger partial charge is 0.164 e. The third kappa shape index (κ3) is 1.88. The van der Waals surface area contributed by atoms with Crippen LogP contribution in [0.25, 0.3) is 22.3 Å². The summed E-state index contributed by atoms with van der Waals surface area (Å²) in [6.45, 7) is 0. The van der Waals surface area contributed by atoms with Crippen molar-refractivity contribution in [2.24, 2.45) is 0 Å². The molecular formula is C17H12N6O. The van der Waals surface area contributed by atoms with E-state index in [0.717, 1.165) is 33.7 Å². The molecule has 4 N–H and O–H groups in total. The highest BCUT2D eigenvalue weighted by atomic mass is 16.5. The third-order valence-electron chi connectivity index (χ3n) is 3.92. The van der Waals surface area contributed by atoms with Crippen LogP contribution in [0.2, 0.25) is 0 Å². The van der Waals surface area contributed by atoms with Crippen LogP contribution in [0.15, 0.2) is 48.7 Å². The Kier molecular flexibility index (Phi) is 2.52. The Morgan fingerprint density at radius 3 is 2.88 bits per heavy atom. The van der Waals surface area contributed by atoms with Crippen molar-refractivity contribution >= 4 is 28.2 Å². The van der Waals surface area contributed by atoms with Crippen LogP contribution in [0, 0.1) is 0 Å². The summed E-state index contributed by atoms with van der Waals surface area (Å²) in [7, 11) is 0. The first kappa shape index (κ1) is 12.9. The molecule has 0 amide bonds. The van der Waals surface area contributed by atoms with Crippen molar-refractivity contribution in [1.29, 1.82) is 0 Å². The number of nitrogens with one attached hydrogen (secondary N) is 2. The fraction of sp³-hybridized carbons (Fsp3) is 0. The molecule has 7 nitrogen and oxygen atoms in total. The number of nitrogens with zero attached hydrogens (tertiary/aromatic N) is 3. The standard InChI is InChI=1S/C17H12N6O/c18-14-5-6-19-16(21-14)9-7-11-15-13(8-9)24-12-4-2-1-3-10(12)20-17(15)23-22-11/h1-8H,(H2,18,19,21)(H2,20,22,23). The summed E-state index contributed by atoms with van der Waals surface area (Å²) in [6, 6.07) is 13.2. The molecule has 1 aliphatic rings. The minimum Gasteiger partial charge on any atom is -0.454 e. The van der Waals surface area contributed by atoms with Crippen LogP contribution in [-0.4, -0.2) is 20.2 Å². The van der Waals surface area contributed by atoms with E-state index in [2.05, 4.69) is 25.5 Å². The largest absolute Gasteiger partial charge is 0.454 e. The lowest BCUT2D eigenvalue weighted by Crippen LogP contribution is -1.95. The second-order valence-corrected chi connectivity index (χ2v) is 5.50. The highest BCUT2D eigenvalue weighted by molar-refractivity contribution is 6.00. The molecule has 0 radical (unpaired) electrons. The second-order valence-electron chi connectivity index (χ2n) is 5.50. The Hall–Kier alpha value is -3.61. The molecule has 0 atom stereocenters. The maximum absolute atomic E-state index is 6.12. The number of H-pyrrole nitrogens is 1. The number of hydrogen-bond donors (Lipinski definition) is 3. The molecule has 2 aromatic heterocycles. The molecule has 0 saturated heterocycles. The van der Waals surface area contributed by atoms with Gasteiger partial charge in [0, 0.05) is 11.8 Å². The van der Waals surface area contributed by atoms with Gasteiger partial charge in [-0.3, -0.25) is 5.10 Å². The van der Waals surface area contributed by atoms with Crippen LogP contribution >= 0.6 is 0 Å². The van der Waals surface area contributed by atoms with Crippen LogP contribution in [0.1, 0.15) is 0 Å². The maximum Gasteiger partial charge on any atom is 0.164 e. The predicted octanol–water partition coefficient (Wildman–Crippen LogP) is 3.45. The first-order chi connectivity index (χ1) is 11.8. The topological polar surface area (TPSA) is 102 Å². The Bertz CT molecular complexity index is 1090. The normalized spacial score (nSPS) is 12.2. The lowest BCUT2D eigenvalue weighted by atomic mass is 10.1. The highest BCUT2D eigenvalue weighted by Crippen LogP contribution is 2.43. The minimum absolute atomic E-state index is 0.421. The summed E-state index contributed by atoms with van der Waals surface area (Å²) >= 11 is 0. The van der Waals surface area contributed by atoms with Crippen molar-refractivity contribution in [3.8, 4) is 22.9 Å². The van der Waals surface area contributed by atoms with E-state index in [9.17, 15) is 0 Å². The number of aromatic amines is 1. The number of nitrogen functional groups attached to an aromatic ring is 1. The molecule has 0 fully saturated rings. The van der Waals surface area contributed by atoms with Gasteiger partial charge >= 0.3 is 0 Å². The molecule has 116 valence electrons.